The quantitative estimate of drug-likeness (QED) is 0.167. The Kier molecular flexibility index (Phi) is 4.58. The van der Waals surface area contributed by atoms with Crippen molar-refractivity contribution in [2.24, 2.45) is 0 Å². The van der Waals surface area contributed by atoms with Crippen molar-refractivity contribution in [3.8, 4) is 17.1 Å². The third kappa shape index (κ3) is 3.19. The van der Waals surface area contributed by atoms with Crippen LogP contribution < -0.4 is 4.57 Å². The molecule has 0 aliphatic carbocycles. The third-order valence-electron chi connectivity index (χ3n) is 8.13. The Labute approximate surface area is 235 Å². The Morgan fingerprint density at radius 3 is 1.93 bits per heavy atom. The summed E-state index contributed by atoms with van der Waals surface area (Å²) in [4.78, 5) is 0. The molecule has 0 spiro atoms. The molecule has 0 radical (unpaired) electrons. The van der Waals surface area contributed by atoms with E-state index in [1.54, 1.807) is 0 Å². The number of aromatic nitrogens is 3. The Bertz CT molecular complexity index is 2390. The highest BCUT2D eigenvalue weighted by Gasteiger charge is 2.19. The SMILES string of the molecule is [c-]1n(-c2ccc3oc4ccccc4c3c2)c2ccccc2[n+]1-c1ccccc1-n1c2ccccc2c2ccccc21. The highest BCUT2D eigenvalue weighted by molar-refractivity contribution is 6.09. The summed E-state index contributed by atoms with van der Waals surface area (Å²) in [5.41, 5.74) is 9.51. The number of hydrogen-bond acceptors (Lipinski definition) is 1. The van der Waals surface area contributed by atoms with Crippen molar-refractivity contribution >= 4 is 54.8 Å². The van der Waals surface area contributed by atoms with E-state index in [0.29, 0.717) is 0 Å². The molecule has 0 N–H and O–H groups in total. The predicted molar refractivity (Wildman–Crippen MR) is 165 cm³/mol. The topological polar surface area (TPSA) is 26.9 Å². The molecule has 0 aliphatic heterocycles. The van der Waals surface area contributed by atoms with E-state index in [-0.39, 0.29) is 0 Å². The van der Waals surface area contributed by atoms with E-state index in [0.717, 1.165) is 50.0 Å². The molecule has 0 bridgehead atoms. The fourth-order valence-corrected chi connectivity index (χ4v) is 6.31. The predicted octanol–water partition coefficient (Wildman–Crippen LogP) is 8.70. The zero-order chi connectivity index (χ0) is 26.9. The molecule has 3 heterocycles. The van der Waals surface area contributed by atoms with Gasteiger partial charge in [-0.1, -0.05) is 91.0 Å². The van der Waals surface area contributed by atoms with Crippen LogP contribution >= 0.6 is 0 Å². The molecule has 0 atom stereocenters. The zero-order valence-corrected chi connectivity index (χ0v) is 22.0. The Morgan fingerprint density at radius 1 is 0.512 bits per heavy atom. The van der Waals surface area contributed by atoms with Crippen molar-refractivity contribution in [2.75, 3.05) is 0 Å². The van der Waals surface area contributed by atoms with Gasteiger partial charge >= 0.3 is 0 Å². The van der Waals surface area contributed by atoms with Crippen molar-refractivity contribution in [1.82, 2.24) is 9.13 Å². The molecular formula is C37H23N3O. The first-order valence-corrected chi connectivity index (χ1v) is 13.8. The van der Waals surface area contributed by atoms with Gasteiger partial charge in [0.05, 0.1) is 39.1 Å². The molecule has 0 fully saturated rings. The number of nitrogens with zero attached hydrogens (tertiary/aromatic N) is 3. The van der Waals surface area contributed by atoms with Crippen LogP contribution in [0, 0.1) is 6.33 Å². The number of benzene rings is 6. The molecule has 0 amide bonds. The van der Waals surface area contributed by atoms with Gasteiger partial charge in [-0.25, -0.2) is 0 Å². The summed E-state index contributed by atoms with van der Waals surface area (Å²) in [6.07, 6.45) is 3.72. The molecule has 9 aromatic rings. The largest absolute Gasteiger partial charge is 0.456 e. The number of para-hydroxylation sites is 7. The highest BCUT2D eigenvalue weighted by atomic mass is 16.3. The smallest absolute Gasteiger partial charge is 0.269 e. The summed E-state index contributed by atoms with van der Waals surface area (Å²) in [6, 6.07) is 48.9. The van der Waals surface area contributed by atoms with E-state index in [4.69, 9.17) is 4.42 Å². The van der Waals surface area contributed by atoms with Gasteiger partial charge in [-0.15, -0.1) is 0 Å². The van der Waals surface area contributed by atoms with Gasteiger partial charge in [-0.05, 0) is 48.5 Å². The molecule has 0 saturated heterocycles. The van der Waals surface area contributed by atoms with Gasteiger partial charge in [0.1, 0.15) is 11.2 Å². The maximum Gasteiger partial charge on any atom is 0.269 e. The van der Waals surface area contributed by atoms with Crippen LogP contribution in [0.15, 0.2) is 144 Å². The lowest BCUT2D eigenvalue weighted by atomic mass is 10.1. The molecule has 192 valence electrons. The van der Waals surface area contributed by atoms with Crippen LogP contribution in [0.4, 0.5) is 0 Å². The van der Waals surface area contributed by atoms with Gasteiger partial charge in [-0.3, -0.25) is 9.13 Å². The normalized spacial score (nSPS) is 11.9. The Balaban J connectivity index is 1.32. The van der Waals surface area contributed by atoms with E-state index in [9.17, 15) is 0 Å². The number of imidazole rings is 1. The first kappa shape index (κ1) is 22.2. The van der Waals surface area contributed by atoms with Gasteiger partial charge in [0.2, 0.25) is 0 Å². The van der Waals surface area contributed by atoms with Gasteiger partial charge in [0.15, 0.2) is 0 Å². The van der Waals surface area contributed by atoms with E-state index in [2.05, 4.69) is 147 Å². The van der Waals surface area contributed by atoms with Crippen LogP contribution in [0.2, 0.25) is 0 Å². The summed E-state index contributed by atoms with van der Waals surface area (Å²) in [5, 5.41) is 4.71. The lowest BCUT2D eigenvalue weighted by Gasteiger charge is -2.14. The maximum atomic E-state index is 6.11. The number of furan rings is 1. The molecule has 4 heteroatoms. The summed E-state index contributed by atoms with van der Waals surface area (Å²) in [6.45, 7) is 0. The molecule has 0 saturated carbocycles. The second kappa shape index (κ2) is 8.44. The van der Waals surface area contributed by atoms with Crippen molar-refractivity contribution in [2.45, 2.75) is 0 Å². The van der Waals surface area contributed by atoms with Gasteiger partial charge in [0, 0.05) is 21.5 Å². The van der Waals surface area contributed by atoms with E-state index < -0.39 is 0 Å². The first-order valence-electron chi connectivity index (χ1n) is 13.8. The van der Waals surface area contributed by atoms with Crippen LogP contribution in [-0.4, -0.2) is 9.13 Å². The van der Waals surface area contributed by atoms with Crippen molar-refractivity contribution in [3.05, 3.63) is 146 Å². The second-order valence-corrected chi connectivity index (χ2v) is 10.4. The summed E-state index contributed by atoms with van der Waals surface area (Å²) < 4.78 is 12.8. The van der Waals surface area contributed by atoms with Gasteiger partial charge in [-0.2, -0.15) is 0 Å². The minimum atomic E-state index is 0.885. The van der Waals surface area contributed by atoms with Crippen LogP contribution in [0.1, 0.15) is 0 Å². The number of hydrogen-bond donors (Lipinski definition) is 0. The molecule has 0 unspecified atom stereocenters. The van der Waals surface area contributed by atoms with E-state index in [1.165, 1.54) is 21.8 Å². The lowest BCUT2D eigenvalue weighted by Crippen LogP contribution is -2.31. The molecule has 6 aromatic carbocycles. The fraction of sp³-hybridized carbons (Fsp3) is 0. The van der Waals surface area contributed by atoms with Gasteiger partial charge in [0.25, 0.3) is 6.33 Å². The molecule has 4 nitrogen and oxygen atoms in total. The van der Waals surface area contributed by atoms with Crippen LogP contribution in [0.25, 0.3) is 71.8 Å². The molecule has 41 heavy (non-hydrogen) atoms. The monoisotopic (exact) mass is 525 g/mol. The number of fused-ring (bicyclic) bond motifs is 7. The highest BCUT2D eigenvalue weighted by Crippen LogP contribution is 2.34. The minimum Gasteiger partial charge on any atom is -0.456 e. The average molecular weight is 526 g/mol. The number of rotatable bonds is 3. The van der Waals surface area contributed by atoms with Crippen LogP contribution in [0.5, 0.6) is 0 Å². The Hall–Kier alpha value is -5.61. The van der Waals surface area contributed by atoms with E-state index >= 15 is 0 Å². The standard InChI is InChI=1S/C37H23N3O/c1-4-14-30-26(11-1)27-12-2-5-15-31(27)40(30)35-19-9-8-18-34(35)39-24-38(32-16-6-7-17-33(32)39)25-21-22-37-29(23-25)28-13-3-10-20-36(28)41-37/h1-23H. The second-order valence-electron chi connectivity index (χ2n) is 10.4. The van der Waals surface area contributed by atoms with E-state index in [1.807, 2.05) is 12.1 Å². The third-order valence-corrected chi connectivity index (χ3v) is 8.13. The first-order chi connectivity index (χ1) is 20.3. The maximum absolute atomic E-state index is 6.11. The fourth-order valence-electron chi connectivity index (χ4n) is 6.31. The summed E-state index contributed by atoms with van der Waals surface area (Å²) in [7, 11) is 0. The van der Waals surface area contributed by atoms with Crippen LogP contribution in [0.3, 0.4) is 0 Å². The lowest BCUT2D eigenvalue weighted by molar-refractivity contribution is -0.572. The minimum absolute atomic E-state index is 0.885. The van der Waals surface area contributed by atoms with Crippen molar-refractivity contribution in [1.29, 1.82) is 0 Å². The Morgan fingerprint density at radius 2 is 1.12 bits per heavy atom. The molecule has 3 aromatic heterocycles. The van der Waals surface area contributed by atoms with Crippen LogP contribution in [-0.2, 0) is 0 Å². The molecule has 9 rings (SSSR count). The zero-order valence-electron chi connectivity index (χ0n) is 22.0. The van der Waals surface area contributed by atoms with Crippen molar-refractivity contribution < 1.29 is 8.98 Å². The molecule has 0 aliphatic rings. The molecular weight excluding hydrogens is 502 g/mol. The average Bonchev–Trinajstić information content (AvgIpc) is 3.71. The summed E-state index contributed by atoms with van der Waals surface area (Å²) >= 11 is 0. The van der Waals surface area contributed by atoms with Gasteiger partial charge < -0.3 is 8.98 Å². The van der Waals surface area contributed by atoms with Crippen molar-refractivity contribution in [3.63, 3.8) is 0 Å². The summed E-state index contributed by atoms with van der Waals surface area (Å²) in [5.74, 6) is 0.